The third-order valence-electron chi connectivity index (χ3n) is 3.36. The maximum Gasteiger partial charge on any atom is 0.325 e. The lowest BCUT2D eigenvalue weighted by atomic mass is 9.96. The molecule has 1 aromatic rings. The lowest BCUT2D eigenvalue weighted by Crippen LogP contribution is -2.48. The van der Waals surface area contributed by atoms with Gasteiger partial charge in [-0.2, -0.15) is 0 Å². The Kier molecular flexibility index (Phi) is 5.83. The average Bonchev–Trinajstić information content (AvgIpc) is 2.44. The van der Waals surface area contributed by atoms with Crippen molar-refractivity contribution in [2.45, 2.75) is 32.2 Å². The van der Waals surface area contributed by atoms with E-state index in [1.165, 1.54) is 7.11 Å². The molecule has 0 aliphatic heterocycles. The first-order valence-electron chi connectivity index (χ1n) is 6.49. The van der Waals surface area contributed by atoms with Crippen LogP contribution in [0.4, 0.5) is 0 Å². The Labute approximate surface area is 115 Å². The summed E-state index contributed by atoms with van der Waals surface area (Å²) in [7, 11) is 3.17. The summed E-state index contributed by atoms with van der Waals surface area (Å²) in [5.74, 6) is 0.651. The minimum Gasteiger partial charge on any atom is -0.493 e. The molecule has 0 aromatic heterocycles. The Hall–Kier alpha value is -1.55. The van der Waals surface area contributed by atoms with E-state index in [1.54, 1.807) is 7.05 Å². The van der Waals surface area contributed by atoms with Crippen molar-refractivity contribution in [3.8, 4) is 5.75 Å². The molecule has 0 aliphatic carbocycles. The number of hydrogen-bond donors (Lipinski definition) is 1. The van der Waals surface area contributed by atoms with Crippen molar-refractivity contribution in [3.63, 3.8) is 0 Å². The molecule has 0 saturated carbocycles. The quantitative estimate of drug-likeness (QED) is 0.607. The van der Waals surface area contributed by atoms with Crippen LogP contribution in [0.15, 0.2) is 24.3 Å². The van der Waals surface area contributed by atoms with Crippen LogP contribution in [0, 0.1) is 6.92 Å². The van der Waals surface area contributed by atoms with Gasteiger partial charge in [0, 0.05) is 0 Å². The van der Waals surface area contributed by atoms with Gasteiger partial charge >= 0.3 is 5.97 Å². The molecule has 4 nitrogen and oxygen atoms in total. The fourth-order valence-corrected chi connectivity index (χ4v) is 1.88. The molecule has 1 N–H and O–H groups in total. The lowest BCUT2D eigenvalue weighted by Gasteiger charge is -2.26. The molecule has 1 aromatic carbocycles. The second-order valence-electron chi connectivity index (χ2n) is 4.79. The number of rotatable bonds is 7. The topological polar surface area (TPSA) is 47.6 Å². The molecule has 0 heterocycles. The first kappa shape index (κ1) is 15.5. The van der Waals surface area contributed by atoms with Gasteiger partial charge in [-0.15, -0.1) is 0 Å². The molecule has 4 heteroatoms. The van der Waals surface area contributed by atoms with Crippen LogP contribution in [0.1, 0.15) is 25.3 Å². The van der Waals surface area contributed by atoms with Gasteiger partial charge in [0.25, 0.3) is 0 Å². The highest BCUT2D eigenvalue weighted by Crippen LogP contribution is 2.18. The lowest BCUT2D eigenvalue weighted by molar-refractivity contribution is -0.148. The summed E-state index contributed by atoms with van der Waals surface area (Å²) in [6.45, 7) is 4.44. The van der Waals surface area contributed by atoms with Gasteiger partial charge in [0.15, 0.2) is 0 Å². The third-order valence-corrected chi connectivity index (χ3v) is 3.36. The number of benzene rings is 1. The van der Waals surface area contributed by atoms with Crippen molar-refractivity contribution >= 4 is 5.97 Å². The minimum atomic E-state index is -0.649. The van der Waals surface area contributed by atoms with E-state index in [1.807, 2.05) is 38.1 Å². The van der Waals surface area contributed by atoms with Gasteiger partial charge in [-0.25, -0.2) is 0 Å². The van der Waals surface area contributed by atoms with Crippen molar-refractivity contribution < 1.29 is 14.3 Å². The van der Waals surface area contributed by atoms with E-state index in [2.05, 4.69) is 5.32 Å². The van der Waals surface area contributed by atoms with Crippen LogP contribution in [0.25, 0.3) is 0 Å². The summed E-state index contributed by atoms with van der Waals surface area (Å²) >= 11 is 0. The first-order chi connectivity index (χ1) is 9.03. The number of esters is 1. The van der Waals surface area contributed by atoms with Crippen molar-refractivity contribution in [1.29, 1.82) is 0 Å². The van der Waals surface area contributed by atoms with Gasteiger partial charge < -0.3 is 14.8 Å². The van der Waals surface area contributed by atoms with Crippen LogP contribution in [-0.4, -0.2) is 32.3 Å². The van der Waals surface area contributed by atoms with E-state index in [9.17, 15) is 4.79 Å². The molecule has 0 aliphatic rings. The molecule has 1 atom stereocenters. The zero-order valence-corrected chi connectivity index (χ0v) is 12.2. The van der Waals surface area contributed by atoms with Gasteiger partial charge in [-0.3, -0.25) is 4.79 Å². The van der Waals surface area contributed by atoms with Crippen molar-refractivity contribution in [2.24, 2.45) is 0 Å². The van der Waals surface area contributed by atoms with Gasteiger partial charge in [0.1, 0.15) is 11.3 Å². The first-order valence-corrected chi connectivity index (χ1v) is 6.49. The number of hydrogen-bond acceptors (Lipinski definition) is 4. The maximum absolute atomic E-state index is 11.7. The molecule has 106 valence electrons. The van der Waals surface area contributed by atoms with Crippen molar-refractivity contribution in [1.82, 2.24) is 5.32 Å². The van der Waals surface area contributed by atoms with Gasteiger partial charge in [-0.1, -0.05) is 18.2 Å². The highest BCUT2D eigenvalue weighted by Gasteiger charge is 2.31. The fourth-order valence-electron chi connectivity index (χ4n) is 1.88. The summed E-state index contributed by atoms with van der Waals surface area (Å²) in [5, 5.41) is 3.01. The van der Waals surface area contributed by atoms with Crippen LogP contribution < -0.4 is 10.1 Å². The monoisotopic (exact) mass is 265 g/mol. The fraction of sp³-hybridized carbons (Fsp3) is 0.533. The molecule has 1 unspecified atom stereocenters. The molecule has 0 amide bonds. The maximum atomic E-state index is 11.7. The number of likely N-dealkylation sites (N-methyl/N-ethyl adjacent to an activating group) is 1. The normalized spacial score (nSPS) is 13.7. The largest absolute Gasteiger partial charge is 0.493 e. The standard InChI is InChI=1S/C15H23NO3/c1-12-8-5-6-9-13(12)19-11-7-10-15(2,16-3)14(17)18-4/h5-6,8-9,16H,7,10-11H2,1-4H3. The number of ether oxygens (including phenoxy) is 2. The van der Waals surface area contributed by atoms with Crippen LogP contribution in [0.3, 0.4) is 0 Å². The molecule has 0 radical (unpaired) electrons. The number of nitrogens with one attached hydrogen (secondary N) is 1. The van der Waals surface area contributed by atoms with Gasteiger partial charge in [0.2, 0.25) is 0 Å². The summed E-state index contributed by atoms with van der Waals surface area (Å²) in [6.07, 6.45) is 1.45. The van der Waals surface area contributed by atoms with Crippen LogP contribution in [-0.2, 0) is 9.53 Å². The average molecular weight is 265 g/mol. The Morgan fingerprint density at radius 3 is 2.63 bits per heavy atom. The molecule has 0 saturated heterocycles. The minimum absolute atomic E-state index is 0.245. The van der Waals surface area contributed by atoms with Crippen LogP contribution in [0.5, 0.6) is 5.75 Å². The zero-order chi connectivity index (χ0) is 14.3. The Morgan fingerprint density at radius 1 is 1.37 bits per heavy atom. The molecule has 0 bridgehead atoms. The van der Waals surface area contributed by atoms with Crippen LogP contribution >= 0.6 is 0 Å². The van der Waals surface area contributed by atoms with Crippen molar-refractivity contribution in [3.05, 3.63) is 29.8 Å². The van der Waals surface area contributed by atoms with E-state index in [4.69, 9.17) is 9.47 Å². The Bertz CT molecular complexity index is 420. The summed E-state index contributed by atoms with van der Waals surface area (Å²) in [5.41, 5.74) is 0.468. The summed E-state index contributed by atoms with van der Waals surface area (Å²) < 4.78 is 10.5. The van der Waals surface area contributed by atoms with E-state index < -0.39 is 5.54 Å². The number of methoxy groups -OCH3 is 1. The zero-order valence-electron chi connectivity index (χ0n) is 12.2. The number of carbonyl (C=O) groups excluding carboxylic acids is 1. The highest BCUT2D eigenvalue weighted by atomic mass is 16.5. The van der Waals surface area contributed by atoms with Gasteiger partial charge in [-0.05, 0) is 45.4 Å². The molecular weight excluding hydrogens is 242 g/mol. The Morgan fingerprint density at radius 2 is 2.05 bits per heavy atom. The van der Waals surface area contributed by atoms with E-state index in [0.717, 1.165) is 17.7 Å². The van der Waals surface area contributed by atoms with Gasteiger partial charge in [0.05, 0.1) is 13.7 Å². The second-order valence-corrected chi connectivity index (χ2v) is 4.79. The smallest absolute Gasteiger partial charge is 0.325 e. The molecule has 19 heavy (non-hydrogen) atoms. The second kappa shape index (κ2) is 7.14. The predicted molar refractivity (Wildman–Crippen MR) is 75.4 cm³/mol. The molecule has 0 fully saturated rings. The predicted octanol–water partition coefficient (Wildman–Crippen LogP) is 2.31. The van der Waals surface area contributed by atoms with E-state index in [0.29, 0.717) is 13.0 Å². The summed E-state index contributed by atoms with van der Waals surface area (Å²) in [4.78, 5) is 11.7. The van der Waals surface area contributed by atoms with E-state index >= 15 is 0 Å². The molecular formula is C15H23NO3. The highest BCUT2D eigenvalue weighted by molar-refractivity contribution is 5.80. The number of para-hydroxylation sites is 1. The molecule has 0 spiro atoms. The van der Waals surface area contributed by atoms with Crippen LogP contribution in [0.2, 0.25) is 0 Å². The number of aryl methyl sites for hydroxylation is 1. The summed E-state index contributed by atoms with van der Waals surface area (Å²) in [6, 6.07) is 7.90. The third kappa shape index (κ3) is 4.24. The van der Waals surface area contributed by atoms with Crippen molar-refractivity contribution in [2.75, 3.05) is 20.8 Å². The number of carbonyl (C=O) groups is 1. The Balaban J connectivity index is 2.42. The van der Waals surface area contributed by atoms with E-state index in [-0.39, 0.29) is 5.97 Å². The SMILES string of the molecule is CNC(C)(CCCOc1ccccc1C)C(=O)OC. The molecule has 1 rings (SSSR count).